The van der Waals surface area contributed by atoms with Crippen molar-refractivity contribution < 1.29 is 4.74 Å². The maximum atomic E-state index is 5.67. The molecule has 0 bridgehead atoms. The van der Waals surface area contributed by atoms with E-state index in [-0.39, 0.29) is 0 Å². The number of nitrogens with one attached hydrogen (secondary N) is 2. The molecule has 1 saturated carbocycles. The van der Waals surface area contributed by atoms with Crippen LogP contribution in [0.15, 0.2) is 23.2 Å². The molecule has 0 saturated heterocycles. The molecule has 2 N–H and O–H groups in total. The van der Waals surface area contributed by atoms with Gasteiger partial charge in [-0.1, -0.05) is 6.07 Å². The Morgan fingerprint density at radius 2 is 2.08 bits per heavy atom. The number of hydrogen-bond acceptors (Lipinski definition) is 3. The fourth-order valence-corrected chi connectivity index (χ4v) is 2.56. The van der Waals surface area contributed by atoms with E-state index in [4.69, 9.17) is 9.73 Å². The zero-order chi connectivity index (χ0) is 18.1. The molecule has 25 heavy (non-hydrogen) atoms. The minimum atomic E-state index is 0.688. The third-order valence-electron chi connectivity index (χ3n) is 4.40. The molecular weight excluding hydrogens is 312 g/mol. The Kier molecular flexibility index (Phi) is 8.06. The second-order valence-corrected chi connectivity index (χ2v) is 7.00. The van der Waals surface area contributed by atoms with Crippen LogP contribution < -0.4 is 15.5 Å². The average molecular weight is 347 g/mol. The van der Waals surface area contributed by atoms with Gasteiger partial charge in [0.1, 0.15) is 0 Å². The highest BCUT2D eigenvalue weighted by atomic mass is 16.5. The molecule has 2 rings (SSSR count). The van der Waals surface area contributed by atoms with Gasteiger partial charge < -0.3 is 20.3 Å². The van der Waals surface area contributed by atoms with Gasteiger partial charge in [-0.15, -0.1) is 0 Å². The van der Waals surface area contributed by atoms with E-state index in [1.54, 1.807) is 0 Å². The molecule has 0 atom stereocenters. The van der Waals surface area contributed by atoms with Gasteiger partial charge in [-0.3, -0.25) is 0 Å². The molecule has 0 spiro atoms. The highest BCUT2D eigenvalue weighted by Crippen LogP contribution is 2.28. The number of rotatable bonds is 10. The SMILES string of the molecule is CCNC(=NCc1ccc(N(C)C)cc1C)NCCCOCC1CC1. The van der Waals surface area contributed by atoms with Gasteiger partial charge >= 0.3 is 0 Å². The van der Waals surface area contributed by atoms with E-state index in [2.05, 4.69) is 61.7 Å². The van der Waals surface area contributed by atoms with E-state index >= 15 is 0 Å². The lowest BCUT2D eigenvalue weighted by Crippen LogP contribution is -2.38. The van der Waals surface area contributed by atoms with Crippen molar-refractivity contribution >= 4 is 11.6 Å². The Morgan fingerprint density at radius 3 is 2.72 bits per heavy atom. The molecule has 0 heterocycles. The third kappa shape index (κ3) is 7.34. The van der Waals surface area contributed by atoms with Gasteiger partial charge in [0.15, 0.2) is 5.96 Å². The van der Waals surface area contributed by atoms with Gasteiger partial charge in [0.2, 0.25) is 0 Å². The van der Waals surface area contributed by atoms with Gasteiger partial charge in [-0.25, -0.2) is 4.99 Å². The number of nitrogens with zero attached hydrogens (tertiary/aromatic N) is 2. The second-order valence-electron chi connectivity index (χ2n) is 7.00. The fourth-order valence-electron chi connectivity index (χ4n) is 2.56. The molecule has 0 aromatic heterocycles. The quantitative estimate of drug-likeness (QED) is 0.388. The first-order valence-electron chi connectivity index (χ1n) is 9.47. The van der Waals surface area contributed by atoms with E-state index in [1.807, 2.05) is 0 Å². The lowest BCUT2D eigenvalue weighted by Gasteiger charge is -2.15. The third-order valence-corrected chi connectivity index (χ3v) is 4.40. The van der Waals surface area contributed by atoms with Crippen LogP contribution in [0.4, 0.5) is 5.69 Å². The van der Waals surface area contributed by atoms with Crippen molar-refractivity contribution in [2.75, 3.05) is 45.3 Å². The first kappa shape index (κ1) is 19.6. The van der Waals surface area contributed by atoms with Gasteiger partial charge in [0.05, 0.1) is 6.54 Å². The Labute approximate surface area is 152 Å². The number of aliphatic imine (C=N–C) groups is 1. The molecule has 1 fully saturated rings. The number of ether oxygens (including phenoxy) is 1. The predicted octanol–water partition coefficient (Wildman–Crippen LogP) is 2.93. The molecule has 5 heteroatoms. The van der Waals surface area contributed by atoms with Crippen LogP contribution in [0.25, 0.3) is 0 Å². The van der Waals surface area contributed by atoms with E-state index in [9.17, 15) is 0 Å². The van der Waals surface area contributed by atoms with Crippen molar-refractivity contribution in [1.82, 2.24) is 10.6 Å². The van der Waals surface area contributed by atoms with Gasteiger partial charge in [0.25, 0.3) is 0 Å². The molecule has 0 aliphatic heterocycles. The van der Waals surface area contributed by atoms with Crippen molar-refractivity contribution in [2.45, 2.75) is 39.7 Å². The average Bonchev–Trinajstić information content (AvgIpc) is 3.40. The molecule has 5 nitrogen and oxygen atoms in total. The molecule has 0 radical (unpaired) electrons. The molecule has 1 aromatic carbocycles. The number of hydrogen-bond donors (Lipinski definition) is 2. The Bertz CT molecular complexity index is 553. The summed E-state index contributed by atoms with van der Waals surface area (Å²) < 4.78 is 5.67. The molecule has 1 aliphatic carbocycles. The van der Waals surface area contributed by atoms with Crippen LogP contribution in [0.2, 0.25) is 0 Å². The topological polar surface area (TPSA) is 48.9 Å². The summed E-state index contributed by atoms with van der Waals surface area (Å²) in [6.07, 6.45) is 3.71. The summed E-state index contributed by atoms with van der Waals surface area (Å²) in [4.78, 5) is 6.84. The van der Waals surface area contributed by atoms with Crippen molar-refractivity contribution in [3.8, 4) is 0 Å². The van der Waals surface area contributed by atoms with E-state index in [0.717, 1.165) is 44.6 Å². The van der Waals surface area contributed by atoms with Crippen molar-refractivity contribution in [1.29, 1.82) is 0 Å². The molecule has 0 unspecified atom stereocenters. The van der Waals surface area contributed by atoms with Crippen LogP contribution in [0.3, 0.4) is 0 Å². The number of benzene rings is 1. The maximum absolute atomic E-state index is 5.67. The van der Waals surface area contributed by atoms with Crippen molar-refractivity contribution in [3.63, 3.8) is 0 Å². The standard InChI is InChI=1S/C20H34N4O/c1-5-21-20(22-11-6-12-25-15-17-7-8-17)23-14-18-9-10-19(24(3)4)13-16(18)2/h9-10,13,17H,5-8,11-12,14-15H2,1-4H3,(H2,21,22,23). The highest BCUT2D eigenvalue weighted by Gasteiger charge is 2.20. The van der Waals surface area contributed by atoms with E-state index in [1.165, 1.54) is 29.7 Å². The second kappa shape index (κ2) is 10.3. The van der Waals surface area contributed by atoms with Crippen LogP contribution >= 0.6 is 0 Å². The minimum absolute atomic E-state index is 0.688. The summed E-state index contributed by atoms with van der Waals surface area (Å²) in [7, 11) is 4.13. The van der Waals surface area contributed by atoms with E-state index in [0.29, 0.717) is 6.54 Å². The van der Waals surface area contributed by atoms with Crippen LogP contribution in [0.5, 0.6) is 0 Å². The first-order valence-corrected chi connectivity index (χ1v) is 9.47. The highest BCUT2D eigenvalue weighted by molar-refractivity contribution is 5.79. The number of aryl methyl sites for hydroxylation is 1. The molecular formula is C20H34N4O. The minimum Gasteiger partial charge on any atom is -0.381 e. The molecule has 0 amide bonds. The smallest absolute Gasteiger partial charge is 0.191 e. The summed E-state index contributed by atoms with van der Waals surface area (Å²) in [5, 5.41) is 6.71. The van der Waals surface area contributed by atoms with E-state index < -0.39 is 0 Å². The maximum Gasteiger partial charge on any atom is 0.191 e. The normalized spacial score (nSPS) is 14.5. The summed E-state index contributed by atoms with van der Waals surface area (Å²) in [6, 6.07) is 6.53. The molecule has 1 aliphatic rings. The summed E-state index contributed by atoms with van der Waals surface area (Å²) >= 11 is 0. The predicted molar refractivity (Wildman–Crippen MR) is 106 cm³/mol. The van der Waals surface area contributed by atoms with Gasteiger partial charge in [-0.05, 0) is 62.3 Å². The monoisotopic (exact) mass is 346 g/mol. The van der Waals surface area contributed by atoms with Crippen molar-refractivity contribution in [2.24, 2.45) is 10.9 Å². The Morgan fingerprint density at radius 1 is 1.28 bits per heavy atom. The van der Waals surface area contributed by atoms with Gasteiger partial charge in [-0.2, -0.15) is 0 Å². The van der Waals surface area contributed by atoms with Gasteiger partial charge in [0, 0.05) is 46.1 Å². The number of anilines is 1. The summed E-state index contributed by atoms with van der Waals surface area (Å²) in [5.41, 5.74) is 3.76. The van der Waals surface area contributed by atoms with Crippen LogP contribution in [-0.4, -0.2) is 46.4 Å². The van der Waals surface area contributed by atoms with Crippen LogP contribution in [0.1, 0.15) is 37.3 Å². The lowest BCUT2D eigenvalue weighted by molar-refractivity contribution is 0.123. The summed E-state index contributed by atoms with van der Waals surface area (Å²) in [5.74, 6) is 1.72. The molecule has 1 aromatic rings. The Balaban J connectivity index is 1.77. The lowest BCUT2D eigenvalue weighted by atomic mass is 10.1. The number of guanidine groups is 1. The van der Waals surface area contributed by atoms with Crippen LogP contribution in [-0.2, 0) is 11.3 Å². The largest absolute Gasteiger partial charge is 0.381 e. The summed E-state index contributed by atoms with van der Waals surface area (Å²) in [6.45, 7) is 8.44. The zero-order valence-corrected chi connectivity index (χ0v) is 16.3. The van der Waals surface area contributed by atoms with Crippen molar-refractivity contribution in [3.05, 3.63) is 29.3 Å². The fraction of sp³-hybridized carbons (Fsp3) is 0.650. The first-order chi connectivity index (χ1) is 12.1. The Hall–Kier alpha value is -1.75. The molecule has 140 valence electrons. The van der Waals surface area contributed by atoms with Crippen LogP contribution in [0, 0.1) is 12.8 Å². The zero-order valence-electron chi connectivity index (χ0n) is 16.3.